The second kappa shape index (κ2) is 27.4. The molecule has 1 saturated heterocycles. The highest BCUT2D eigenvalue weighted by Gasteiger charge is 2.32. The minimum atomic E-state index is -1.17. The Kier molecular flexibility index (Phi) is 21.4. The molecule has 1 fully saturated rings. The van der Waals surface area contributed by atoms with E-state index in [0.29, 0.717) is 85.8 Å². The number of urea groups is 1. The number of ether oxygens (including phenoxy) is 5. The molecular weight excluding hydrogens is 829 g/mol. The summed E-state index contributed by atoms with van der Waals surface area (Å²) in [5.41, 5.74) is 2.41. The van der Waals surface area contributed by atoms with Crippen molar-refractivity contribution in [3.05, 3.63) is 89.5 Å². The number of hydrogen-bond donors (Lipinski definition) is 3. The molecule has 3 N–H and O–H groups in total. The third-order valence-corrected chi connectivity index (χ3v) is 10.3. The lowest BCUT2D eigenvalue weighted by Gasteiger charge is -2.22. The van der Waals surface area contributed by atoms with E-state index in [9.17, 15) is 33.6 Å². The fourth-order valence-corrected chi connectivity index (χ4v) is 6.65. The molecule has 17 nitrogen and oxygen atoms in total. The zero-order valence-corrected chi connectivity index (χ0v) is 36.9. The zero-order chi connectivity index (χ0) is 46.1. The summed E-state index contributed by atoms with van der Waals surface area (Å²) >= 11 is 0. The zero-order valence-electron chi connectivity index (χ0n) is 36.9. The Morgan fingerprint density at radius 2 is 1.11 bits per heavy atom. The molecule has 0 radical (unpaired) electrons. The Bertz CT molecular complexity index is 1960. The summed E-state index contributed by atoms with van der Waals surface area (Å²) < 4.78 is 26.7. The van der Waals surface area contributed by atoms with Crippen LogP contribution in [-0.4, -0.2) is 86.7 Å². The molecule has 5 amide bonds. The molecule has 1 aliphatic heterocycles. The molecule has 346 valence electrons. The minimum Gasteiger partial charge on any atom is -0.497 e. The number of amides is 5. The van der Waals surface area contributed by atoms with Gasteiger partial charge in [-0.05, 0) is 98.0 Å². The van der Waals surface area contributed by atoms with Crippen molar-refractivity contribution in [3.8, 4) is 17.2 Å². The molecule has 64 heavy (non-hydrogen) atoms. The van der Waals surface area contributed by atoms with Crippen LogP contribution in [0.4, 0.5) is 4.79 Å². The molecule has 0 aliphatic carbocycles. The standard InChI is InChI=1S/C47H60N4O13/c1-59-37-19-13-33(14-20-37)30-36(10-8-9-29-48-41(52)11-6-4-5-7-12-45(56)64-51-42(53)26-27-43(51)54)49-47(58)50-40(46(57)63-32-35-17-23-39(61-3)24-18-35)25-28-44(55)62-31-34-15-21-38(60-2)22-16-34/h13-24,36,40H,4-12,25-32H2,1-3H3,(H,48,52)(H2,49,50,58)/t36-,40-/m0/s1. The number of carbonyl (C=O) groups is 7. The number of benzene rings is 3. The lowest BCUT2D eigenvalue weighted by Crippen LogP contribution is -2.50. The third-order valence-electron chi connectivity index (χ3n) is 10.3. The molecule has 1 aliphatic rings. The van der Waals surface area contributed by atoms with Gasteiger partial charge in [0.2, 0.25) is 5.91 Å². The first kappa shape index (κ1) is 50.0. The van der Waals surface area contributed by atoms with Crippen molar-refractivity contribution in [2.45, 2.75) is 115 Å². The van der Waals surface area contributed by atoms with Gasteiger partial charge in [-0.2, -0.15) is 0 Å². The van der Waals surface area contributed by atoms with Gasteiger partial charge in [-0.1, -0.05) is 49.2 Å². The molecule has 0 spiro atoms. The van der Waals surface area contributed by atoms with Crippen LogP contribution in [0.25, 0.3) is 0 Å². The first-order chi connectivity index (χ1) is 31.0. The third kappa shape index (κ3) is 18.4. The van der Waals surface area contributed by atoms with Gasteiger partial charge in [0.1, 0.15) is 36.5 Å². The number of hydroxylamine groups is 2. The summed E-state index contributed by atoms with van der Waals surface area (Å²) in [5, 5.41) is 9.21. The number of rotatable bonds is 28. The van der Waals surface area contributed by atoms with E-state index in [1.165, 1.54) is 0 Å². The summed E-state index contributed by atoms with van der Waals surface area (Å²) in [6.45, 7) is 0.405. The van der Waals surface area contributed by atoms with Gasteiger partial charge in [-0.25, -0.2) is 14.4 Å². The summed E-state index contributed by atoms with van der Waals surface area (Å²) in [6, 6.07) is 19.4. The number of carbonyl (C=O) groups excluding carboxylic acids is 7. The molecule has 17 heteroatoms. The second-order valence-corrected chi connectivity index (χ2v) is 15.2. The van der Waals surface area contributed by atoms with Crippen LogP contribution >= 0.6 is 0 Å². The molecule has 1 heterocycles. The van der Waals surface area contributed by atoms with E-state index in [1.807, 2.05) is 24.3 Å². The van der Waals surface area contributed by atoms with Gasteiger partial charge in [0.15, 0.2) is 0 Å². The molecule has 0 unspecified atom stereocenters. The summed E-state index contributed by atoms with van der Waals surface area (Å²) in [7, 11) is 4.69. The maximum Gasteiger partial charge on any atom is 0.333 e. The highest BCUT2D eigenvalue weighted by Crippen LogP contribution is 2.18. The smallest absolute Gasteiger partial charge is 0.333 e. The maximum absolute atomic E-state index is 13.6. The Morgan fingerprint density at radius 3 is 1.67 bits per heavy atom. The summed E-state index contributed by atoms with van der Waals surface area (Å²) in [5.74, 6) is -1.02. The van der Waals surface area contributed by atoms with E-state index >= 15 is 0 Å². The van der Waals surface area contributed by atoms with E-state index in [-0.39, 0.29) is 57.3 Å². The predicted molar refractivity (Wildman–Crippen MR) is 232 cm³/mol. The number of hydrogen-bond acceptors (Lipinski definition) is 13. The van der Waals surface area contributed by atoms with Crippen LogP contribution in [0.2, 0.25) is 0 Å². The van der Waals surface area contributed by atoms with Crippen LogP contribution in [0.15, 0.2) is 72.8 Å². The van der Waals surface area contributed by atoms with Gasteiger partial charge in [-0.3, -0.25) is 19.2 Å². The first-order valence-electron chi connectivity index (χ1n) is 21.6. The molecule has 4 rings (SSSR count). The molecule has 3 aromatic carbocycles. The lowest BCUT2D eigenvalue weighted by molar-refractivity contribution is -0.197. The van der Waals surface area contributed by atoms with E-state index < -0.39 is 41.8 Å². The van der Waals surface area contributed by atoms with E-state index in [1.54, 1.807) is 69.9 Å². The van der Waals surface area contributed by atoms with Gasteiger partial charge in [-0.15, -0.1) is 5.06 Å². The summed E-state index contributed by atoms with van der Waals surface area (Å²) in [4.78, 5) is 92.4. The van der Waals surface area contributed by atoms with Gasteiger partial charge >= 0.3 is 23.9 Å². The van der Waals surface area contributed by atoms with Crippen molar-refractivity contribution in [2.24, 2.45) is 0 Å². The fraction of sp³-hybridized carbons (Fsp3) is 0.468. The normalized spacial score (nSPS) is 13.0. The lowest BCUT2D eigenvalue weighted by atomic mass is 10.0. The second-order valence-electron chi connectivity index (χ2n) is 15.2. The Balaban J connectivity index is 1.25. The van der Waals surface area contributed by atoms with Crippen molar-refractivity contribution >= 4 is 41.7 Å². The largest absolute Gasteiger partial charge is 0.497 e. The maximum atomic E-state index is 13.6. The van der Waals surface area contributed by atoms with Crippen molar-refractivity contribution in [1.82, 2.24) is 21.0 Å². The molecule has 0 aromatic heterocycles. The first-order valence-corrected chi connectivity index (χ1v) is 21.6. The van der Waals surface area contributed by atoms with Crippen LogP contribution in [0.5, 0.6) is 17.2 Å². The van der Waals surface area contributed by atoms with Crippen LogP contribution in [0.1, 0.15) is 100 Å². The fourth-order valence-electron chi connectivity index (χ4n) is 6.65. The number of nitrogens with one attached hydrogen (secondary N) is 3. The Hall–Kier alpha value is -6.65. The number of nitrogens with zero attached hydrogens (tertiary/aromatic N) is 1. The molecule has 3 aromatic rings. The average molecular weight is 889 g/mol. The van der Waals surface area contributed by atoms with Crippen molar-refractivity contribution < 1.29 is 62.1 Å². The molecule has 0 saturated carbocycles. The van der Waals surface area contributed by atoms with Gasteiger partial charge in [0, 0.05) is 44.7 Å². The minimum absolute atomic E-state index is 0.0259. The van der Waals surface area contributed by atoms with Crippen molar-refractivity contribution in [1.29, 1.82) is 0 Å². The number of methoxy groups -OCH3 is 3. The van der Waals surface area contributed by atoms with Gasteiger partial charge in [0.25, 0.3) is 11.8 Å². The van der Waals surface area contributed by atoms with Crippen LogP contribution in [0, 0.1) is 0 Å². The monoisotopic (exact) mass is 888 g/mol. The van der Waals surface area contributed by atoms with Crippen molar-refractivity contribution in [3.63, 3.8) is 0 Å². The van der Waals surface area contributed by atoms with Gasteiger partial charge in [0.05, 0.1) is 21.3 Å². The van der Waals surface area contributed by atoms with Crippen LogP contribution in [-0.2, 0) is 62.7 Å². The van der Waals surface area contributed by atoms with Crippen molar-refractivity contribution in [2.75, 3.05) is 27.9 Å². The predicted octanol–water partition coefficient (Wildman–Crippen LogP) is 5.79. The van der Waals surface area contributed by atoms with E-state index in [2.05, 4.69) is 16.0 Å². The van der Waals surface area contributed by atoms with E-state index in [4.69, 9.17) is 28.5 Å². The van der Waals surface area contributed by atoms with E-state index in [0.717, 1.165) is 17.5 Å². The number of imide groups is 1. The SMILES string of the molecule is COc1ccc(COC(=O)CC[C@H](NC(=O)N[C@@H](CCCCNC(=O)CCCCCCC(=O)ON2C(=O)CCC2=O)Cc2ccc(OC)cc2)C(=O)OCc2ccc(OC)cc2)cc1. The van der Waals surface area contributed by atoms with Crippen LogP contribution in [0.3, 0.4) is 0 Å². The topological polar surface area (TPSA) is 214 Å². The molecular formula is C47H60N4O13. The van der Waals surface area contributed by atoms with Gasteiger partial charge < -0.3 is 44.5 Å². The number of esters is 2. The summed E-state index contributed by atoms with van der Waals surface area (Å²) in [6.07, 6.45) is 5.14. The Morgan fingerprint density at radius 1 is 0.578 bits per heavy atom. The highest BCUT2D eigenvalue weighted by atomic mass is 16.7. The average Bonchev–Trinajstić information content (AvgIpc) is 3.62. The highest BCUT2D eigenvalue weighted by molar-refractivity contribution is 6.01. The number of unbranched alkanes of at least 4 members (excludes halogenated alkanes) is 4. The molecule has 0 bridgehead atoms. The molecule has 2 atom stereocenters. The van der Waals surface area contributed by atoms with Crippen LogP contribution < -0.4 is 30.2 Å². The quantitative estimate of drug-likeness (QED) is 0.0448. The Labute approximate surface area is 373 Å².